The second-order valence-corrected chi connectivity index (χ2v) is 9.63. The summed E-state index contributed by atoms with van der Waals surface area (Å²) in [6.45, 7) is 6.50. The van der Waals surface area contributed by atoms with Gasteiger partial charge in [-0.05, 0) is 30.2 Å². The van der Waals surface area contributed by atoms with E-state index < -0.39 is 0 Å². The number of hydrogen-bond donors (Lipinski definition) is 1. The van der Waals surface area contributed by atoms with Crippen LogP contribution in [0.15, 0.2) is 18.3 Å². The SMILES string of the molecule is CC(C)SCC(=O)NC[C@H]1[C@H]2CN(c3ncccc3C#N)C[C@]23CC[C@H]1O3. The summed E-state index contributed by atoms with van der Waals surface area (Å²) in [5.74, 6) is 2.09. The lowest BCUT2D eigenvalue weighted by atomic mass is 9.73. The summed E-state index contributed by atoms with van der Waals surface area (Å²) < 4.78 is 6.44. The highest BCUT2D eigenvalue weighted by molar-refractivity contribution is 8.00. The molecule has 1 amide bonds. The number of nitrogens with zero attached hydrogens (tertiary/aromatic N) is 3. The number of fused-ring (bicyclic) bond motifs is 1. The summed E-state index contributed by atoms with van der Waals surface area (Å²) in [5.41, 5.74) is 0.468. The van der Waals surface area contributed by atoms with E-state index in [4.69, 9.17) is 4.74 Å². The maximum atomic E-state index is 12.1. The molecule has 0 aromatic carbocycles. The molecule has 144 valence electrons. The van der Waals surface area contributed by atoms with Crippen LogP contribution in [-0.4, -0.2) is 53.2 Å². The Morgan fingerprint density at radius 1 is 1.59 bits per heavy atom. The zero-order valence-corrected chi connectivity index (χ0v) is 16.7. The normalized spacial score (nSPS) is 31.2. The first-order valence-electron chi connectivity index (χ1n) is 9.68. The second kappa shape index (κ2) is 7.33. The molecule has 0 radical (unpaired) electrons. The van der Waals surface area contributed by atoms with Crippen molar-refractivity contribution in [1.29, 1.82) is 5.26 Å². The number of nitriles is 1. The Morgan fingerprint density at radius 2 is 2.44 bits per heavy atom. The Hall–Kier alpha value is -1.78. The van der Waals surface area contributed by atoms with Gasteiger partial charge in [-0.1, -0.05) is 13.8 Å². The number of anilines is 1. The monoisotopic (exact) mass is 386 g/mol. The van der Waals surface area contributed by atoms with E-state index in [0.29, 0.717) is 34.9 Å². The first-order valence-corrected chi connectivity index (χ1v) is 10.7. The fourth-order valence-electron chi connectivity index (χ4n) is 4.89. The highest BCUT2D eigenvalue weighted by atomic mass is 32.2. The highest BCUT2D eigenvalue weighted by Crippen LogP contribution is 2.55. The van der Waals surface area contributed by atoms with Crippen LogP contribution in [0, 0.1) is 23.2 Å². The number of carbonyl (C=O) groups is 1. The average molecular weight is 387 g/mol. The lowest BCUT2D eigenvalue weighted by molar-refractivity contribution is -0.118. The molecule has 3 aliphatic heterocycles. The Bertz CT molecular complexity index is 765. The summed E-state index contributed by atoms with van der Waals surface area (Å²) in [4.78, 5) is 18.8. The largest absolute Gasteiger partial charge is 0.369 e. The number of ether oxygens (including phenoxy) is 1. The van der Waals surface area contributed by atoms with Gasteiger partial charge in [-0.3, -0.25) is 4.79 Å². The van der Waals surface area contributed by atoms with Crippen molar-refractivity contribution in [2.24, 2.45) is 11.8 Å². The van der Waals surface area contributed by atoms with Crippen molar-refractivity contribution in [3.63, 3.8) is 0 Å². The molecular formula is C20H26N4O2S. The van der Waals surface area contributed by atoms with Gasteiger partial charge in [0.05, 0.1) is 23.0 Å². The van der Waals surface area contributed by atoms with Crippen LogP contribution >= 0.6 is 11.8 Å². The number of pyridine rings is 1. The molecule has 1 aromatic rings. The first kappa shape index (κ1) is 18.6. The van der Waals surface area contributed by atoms with E-state index in [2.05, 4.69) is 35.1 Å². The molecule has 7 heteroatoms. The van der Waals surface area contributed by atoms with Crippen LogP contribution in [0.2, 0.25) is 0 Å². The Kier molecular flexibility index (Phi) is 5.04. The molecule has 0 unspecified atom stereocenters. The van der Waals surface area contributed by atoms with Crippen molar-refractivity contribution in [2.75, 3.05) is 30.3 Å². The molecule has 3 fully saturated rings. The predicted molar refractivity (Wildman–Crippen MR) is 106 cm³/mol. The Balaban J connectivity index is 1.44. The van der Waals surface area contributed by atoms with Crippen LogP contribution in [0.4, 0.5) is 5.82 Å². The summed E-state index contributed by atoms with van der Waals surface area (Å²) in [6.07, 6.45) is 4.10. The van der Waals surface area contributed by atoms with E-state index in [-0.39, 0.29) is 17.6 Å². The third-order valence-electron chi connectivity index (χ3n) is 6.07. The molecule has 1 aromatic heterocycles. The molecule has 4 heterocycles. The predicted octanol–water partition coefficient (Wildman–Crippen LogP) is 2.19. The summed E-state index contributed by atoms with van der Waals surface area (Å²) >= 11 is 1.67. The summed E-state index contributed by atoms with van der Waals surface area (Å²) in [5, 5.41) is 13.0. The van der Waals surface area contributed by atoms with Gasteiger partial charge in [0.2, 0.25) is 5.91 Å². The molecule has 4 rings (SSSR count). The van der Waals surface area contributed by atoms with Gasteiger partial charge >= 0.3 is 0 Å². The molecule has 0 saturated carbocycles. The number of aromatic nitrogens is 1. The maximum absolute atomic E-state index is 12.1. The summed E-state index contributed by atoms with van der Waals surface area (Å²) in [6, 6.07) is 5.86. The molecule has 3 aliphatic rings. The zero-order valence-electron chi connectivity index (χ0n) is 15.9. The minimum atomic E-state index is -0.142. The Morgan fingerprint density at radius 3 is 3.22 bits per heavy atom. The highest BCUT2D eigenvalue weighted by Gasteiger charge is 2.63. The molecular weight excluding hydrogens is 360 g/mol. The third kappa shape index (κ3) is 3.41. The molecule has 3 saturated heterocycles. The van der Waals surface area contributed by atoms with Crippen LogP contribution in [0.1, 0.15) is 32.3 Å². The van der Waals surface area contributed by atoms with E-state index in [0.717, 1.165) is 31.7 Å². The van der Waals surface area contributed by atoms with Gasteiger partial charge in [0.1, 0.15) is 11.9 Å². The topological polar surface area (TPSA) is 78.3 Å². The van der Waals surface area contributed by atoms with E-state index in [1.165, 1.54) is 0 Å². The number of carbonyl (C=O) groups excluding carboxylic acids is 1. The minimum absolute atomic E-state index is 0.108. The average Bonchev–Trinajstić information content (AvgIpc) is 3.33. The fourth-order valence-corrected chi connectivity index (χ4v) is 5.47. The number of hydrogen-bond acceptors (Lipinski definition) is 6. The summed E-state index contributed by atoms with van der Waals surface area (Å²) in [7, 11) is 0. The number of rotatable bonds is 6. The quantitative estimate of drug-likeness (QED) is 0.808. The van der Waals surface area contributed by atoms with Crippen LogP contribution in [-0.2, 0) is 9.53 Å². The van der Waals surface area contributed by atoms with Gasteiger partial charge in [-0.25, -0.2) is 4.98 Å². The molecule has 27 heavy (non-hydrogen) atoms. The molecule has 2 bridgehead atoms. The van der Waals surface area contributed by atoms with E-state index in [1.807, 2.05) is 6.07 Å². The lowest BCUT2D eigenvalue weighted by Crippen LogP contribution is -2.42. The molecule has 1 spiro atoms. The van der Waals surface area contributed by atoms with E-state index in [1.54, 1.807) is 24.0 Å². The van der Waals surface area contributed by atoms with Crippen molar-refractivity contribution in [3.05, 3.63) is 23.9 Å². The van der Waals surface area contributed by atoms with Crippen LogP contribution in [0.25, 0.3) is 0 Å². The molecule has 1 N–H and O–H groups in total. The molecule has 0 aliphatic carbocycles. The second-order valence-electron chi connectivity index (χ2n) is 8.06. The molecule has 6 nitrogen and oxygen atoms in total. The Labute approximate surface area is 164 Å². The van der Waals surface area contributed by atoms with Gasteiger partial charge in [-0.15, -0.1) is 11.8 Å². The van der Waals surface area contributed by atoms with Crippen molar-refractivity contribution in [3.8, 4) is 6.07 Å². The third-order valence-corrected chi connectivity index (χ3v) is 7.17. The number of nitrogens with one attached hydrogen (secondary N) is 1. The van der Waals surface area contributed by atoms with Crippen LogP contribution < -0.4 is 10.2 Å². The van der Waals surface area contributed by atoms with Crippen molar-refractivity contribution >= 4 is 23.5 Å². The van der Waals surface area contributed by atoms with Crippen LogP contribution in [0.5, 0.6) is 0 Å². The van der Waals surface area contributed by atoms with Crippen molar-refractivity contribution in [2.45, 2.75) is 43.6 Å². The standard InChI is InChI=1S/C20H26N4O2S/c1-13(2)27-11-18(25)23-9-15-16-10-24(12-20(16)6-5-17(15)26-20)19-14(8-21)4-3-7-22-19/h3-4,7,13,15-17H,5-6,9-12H2,1-2H3,(H,23,25)/t15-,16+,17+,20+/m0/s1. The van der Waals surface area contributed by atoms with Gasteiger partial charge in [0.25, 0.3) is 0 Å². The fraction of sp³-hybridized carbons (Fsp3) is 0.650. The smallest absolute Gasteiger partial charge is 0.230 e. The van der Waals surface area contributed by atoms with E-state index in [9.17, 15) is 10.1 Å². The van der Waals surface area contributed by atoms with Gasteiger partial charge in [0.15, 0.2) is 0 Å². The minimum Gasteiger partial charge on any atom is -0.369 e. The lowest BCUT2D eigenvalue weighted by Gasteiger charge is -2.29. The maximum Gasteiger partial charge on any atom is 0.230 e. The zero-order chi connectivity index (χ0) is 19.0. The number of thioether (sulfide) groups is 1. The van der Waals surface area contributed by atoms with Gasteiger partial charge in [0, 0.05) is 37.7 Å². The van der Waals surface area contributed by atoms with Crippen molar-refractivity contribution < 1.29 is 9.53 Å². The molecule has 4 atom stereocenters. The van der Waals surface area contributed by atoms with Gasteiger partial charge in [-0.2, -0.15) is 5.26 Å². The van der Waals surface area contributed by atoms with Gasteiger partial charge < -0.3 is 15.0 Å². The van der Waals surface area contributed by atoms with Crippen LogP contribution in [0.3, 0.4) is 0 Å². The first-order chi connectivity index (χ1) is 13.0. The number of amides is 1. The van der Waals surface area contributed by atoms with E-state index >= 15 is 0 Å². The van der Waals surface area contributed by atoms with Crippen molar-refractivity contribution in [1.82, 2.24) is 10.3 Å².